The first-order valence-electron chi connectivity index (χ1n) is 9.90. The zero-order valence-corrected chi connectivity index (χ0v) is 16.1. The molecule has 0 saturated heterocycles. The minimum Gasteiger partial charge on any atom is -0.309 e. The molecule has 1 aliphatic carbocycles. The Hall–Kier alpha value is -3.32. The maximum absolute atomic E-state index is 2.45. The van der Waals surface area contributed by atoms with Crippen LogP contribution in [0.5, 0.6) is 0 Å². The van der Waals surface area contributed by atoms with Crippen molar-refractivity contribution in [3.8, 4) is 16.8 Å². The van der Waals surface area contributed by atoms with Gasteiger partial charge in [-0.2, -0.15) is 0 Å². The highest BCUT2D eigenvalue weighted by Gasteiger charge is 2.37. The minimum absolute atomic E-state index is 0.0120. The Bertz CT molecular complexity index is 1370. The lowest BCUT2D eigenvalue weighted by Gasteiger charge is -2.21. The quantitative estimate of drug-likeness (QED) is 0.301. The second-order valence-electron chi connectivity index (χ2n) is 8.24. The van der Waals surface area contributed by atoms with Gasteiger partial charge in [0.15, 0.2) is 0 Å². The smallest absolute Gasteiger partial charge is 0.0622 e. The van der Waals surface area contributed by atoms with Gasteiger partial charge < -0.3 is 4.57 Å². The number of benzene rings is 4. The zero-order valence-electron chi connectivity index (χ0n) is 16.1. The molecule has 0 aliphatic heterocycles. The average Bonchev–Trinajstić information content (AvgIpc) is 3.19. The molecule has 5 aromatic rings. The molecule has 28 heavy (non-hydrogen) atoms. The first-order chi connectivity index (χ1) is 13.7. The van der Waals surface area contributed by atoms with Crippen molar-refractivity contribution in [1.82, 2.24) is 4.57 Å². The molecule has 0 amide bonds. The predicted octanol–water partition coefficient (Wildman–Crippen LogP) is 7.09. The largest absolute Gasteiger partial charge is 0.309 e. The number of hydrogen-bond acceptors (Lipinski definition) is 0. The van der Waals surface area contributed by atoms with Gasteiger partial charge in [-0.15, -0.1) is 0 Å². The molecule has 0 saturated carbocycles. The number of rotatable bonds is 1. The standard InChI is InChI=1S/C27H21N/c1-27(2)22-14-8-6-13-21(22)25-23(27)17-16-20-19-12-7-9-15-24(19)28(26(20)25)18-10-4-3-5-11-18/h3-17H,1-2H3. The molecule has 6 rings (SSSR count). The van der Waals surface area contributed by atoms with Crippen molar-refractivity contribution in [2.75, 3.05) is 0 Å². The third-order valence-electron chi connectivity index (χ3n) is 6.39. The molecule has 1 heteroatoms. The van der Waals surface area contributed by atoms with Gasteiger partial charge in [0.05, 0.1) is 11.0 Å². The lowest BCUT2D eigenvalue weighted by molar-refractivity contribution is 0.661. The van der Waals surface area contributed by atoms with Gasteiger partial charge in [0, 0.05) is 27.4 Å². The normalized spacial score (nSPS) is 14.4. The maximum Gasteiger partial charge on any atom is 0.0622 e. The van der Waals surface area contributed by atoms with Crippen LogP contribution < -0.4 is 0 Å². The summed E-state index contributed by atoms with van der Waals surface area (Å²) in [4.78, 5) is 0. The topological polar surface area (TPSA) is 4.93 Å². The Morgan fingerprint density at radius 2 is 1.32 bits per heavy atom. The van der Waals surface area contributed by atoms with Crippen molar-refractivity contribution in [2.45, 2.75) is 19.3 Å². The van der Waals surface area contributed by atoms with Crippen LogP contribution in [0.15, 0.2) is 91.0 Å². The Labute approximate surface area is 164 Å². The molecule has 1 aromatic heterocycles. The van der Waals surface area contributed by atoms with Crippen molar-refractivity contribution in [3.05, 3.63) is 102 Å². The van der Waals surface area contributed by atoms with Gasteiger partial charge in [-0.25, -0.2) is 0 Å². The second-order valence-corrected chi connectivity index (χ2v) is 8.24. The Morgan fingerprint density at radius 1 is 0.607 bits per heavy atom. The summed E-state index contributed by atoms with van der Waals surface area (Å²) in [7, 11) is 0. The van der Waals surface area contributed by atoms with Crippen molar-refractivity contribution in [3.63, 3.8) is 0 Å². The van der Waals surface area contributed by atoms with E-state index in [1.54, 1.807) is 0 Å². The second kappa shape index (κ2) is 5.36. The summed E-state index contributed by atoms with van der Waals surface area (Å²) in [6.07, 6.45) is 0. The van der Waals surface area contributed by atoms with Crippen LogP contribution in [0, 0.1) is 0 Å². The van der Waals surface area contributed by atoms with Crippen molar-refractivity contribution >= 4 is 21.8 Å². The maximum atomic E-state index is 2.45. The predicted molar refractivity (Wildman–Crippen MR) is 118 cm³/mol. The van der Waals surface area contributed by atoms with E-state index >= 15 is 0 Å². The van der Waals surface area contributed by atoms with Gasteiger partial charge in [0.1, 0.15) is 0 Å². The summed E-state index contributed by atoms with van der Waals surface area (Å²) in [5.41, 5.74) is 9.40. The molecule has 0 spiro atoms. The summed E-state index contributed by atoms with van der Waals surface area (Å²) in [5.74, 6) is 0. The van der Waals surface area contributed by atoms with Crippen LogP contribution in [0.1, 0.15) is 25.0 Å². The molecule has 4 aromatic carbocycles. The summed E-state index contributed by atoms with van der Waals surface area (Å²) in [5, 5.41) is 2.64. The van der Waals surface area contributed by atoms with E-state index in [4.69, 9.17) is 0 Å². The molecule has 0 N–H and O–H groups in total. The SMILES string of the molecule is CC1(C)c2ccccc2-c2c1ccc1c3ccccc3n(-c3ccccc3)c21. The molecular formula is C27H21N. The van der Waals surface area contributed by atoms with E-state index < -0.39 is 0 Å². The van der Waals surface area contributed by atoms with E-state index in [0.29, 0.717) is 0 Å². The van der Waals surface area contributed by atoms with Crippen molar-refractivity contribution in [1.29, 1.82) is 0 Å². The first-order valence-corrected chi connectivity index (χ1v) is 9.90. The van der Waals surface area contributed by atoms with Gasteiger partial charge in [0.25, 0.3) is 0 Å². The van der Waals surface area contributed by atoms with Crippen molar-refractivity contribution in [2.24, 2.45) is 0 Å². The van der Waals surface area contributed by atoms with E-state index in [1.165, 1.54) is 49.7 Å². The Balaban J connectivity index is 1.89. The minimum atomic E-state index is 0.0120. The number of hydrogen-bond donors (Lipinski definition) is 0. The van der Waals surface area contributed by atoms with Crippen LogP contribution in [0.4, 0.5) is 0 Å². The third kappa shape index (κ3) is 1.86. The fourth-order valence-corrected chi connectivity index (χ4v) is 5.09. The number of fused-ring (bicyclic) bond motifs is 7. The van der Waals surface area contributed by atoms with Crippen molar-refractivity contribution < 1.29 is 0 Å². The van der Waals surface area contributed by atoms with Crippen LogP contribution in [0.25, 0.3) is 38.6 Å². The molecule has 0 atom stereocenters. The van der Waals surface area contributed by atoms with Gasteiger partial charge >= 0.3 is 0 Å². The number of aromatic nitrogens is 1. The van der Waals surface area contributed by atoms with Crippen LogP contribution in [-0.2, 0) is 5.41 Å². The van der Waals surface area contributed by atoms with E-state index in [2.05, 4.69) is 109 Å². The van der Waals surface area contributed by atoms with Crippen LogP contribution in [0.3, 0.4) is 0 Å². The molecule has 0 unspecified atom stereocenters. The van der Waals surface area contributed by atoms with Crippen LogP contribution in [0.2, 0.25) is 0 Å². The Kier molecular flexibility index (Phi) is 3.01. The first kappa shape index (κ1) is 15.7. The summed E-state index contributed by atoms with van der Waals surface area (Å²) >= 11 is 0. The monoisotopic (exact) mass is 359 g/mol. The van der Waals surface area contributed by atoms with Gasteiger partial charge in [-0.05, 0) is 34.9 Å². The number of nitrogens with zero attached hydrogens (tertiary/aromatic N) is 1. The highest BCUT2D eigenvalue weighted by molar-refractivity contribution is 6.15. The highest BCUT2D eigenvalue weighted by Crippen LogP contribution is 2.52. The van der Waals surface area contributed by atoms with Gasteiger partial charge in [0.2, 0.25) is 0 Å². The zero-order chi connectivity index (χ0) is 18.9. The van der Waals surface area contributed by atoms with Crippen LogP contribution in [-0.4, -0.2) is 4.57 Å². The summed E-state index contributed by atoms with van der Waals surface area (Å²) in [6.45, 7) is 4.69. The lowest BCUT2D eigenvalue weighted by atomic mass is 9.82. The lowest BCUT2D eigenvalue weighted by Crippen LogP contribution is -2.14. The summed E-state index contributed by atoms with van der Waals surface area (Å²) in [6, 6.07) is 33.1. The van der Waals surface area contributed by atoms with Crippen LogP contribution >= 0.6 is 0 Å². The molecule has 0 bridgehead atoms. The fraction of sp³-hybridized carbons (Fsp3) is 0.111. The highest BCUT2D eigenvalue weighted by atomic mass is 15.0. The van der Waals surface area contributed by atoms with E-state index in [1.807, 2.05) is 0 Å². The van der Waals surface area contributed by atoms with Gasteiger partial charge in [-0.1, -0.05) is 86.6 Å². The molecule has 134 valence electrons. The molecule has 1 heterocycles. The molecule has 0 fully saturated rings. The van der Waals surface area contributed by atoms with E-state index in [0.717, 1.165) is 0 Å². The molecule has 1 nitrogen and oxygen atoms in total. The van der Waals surface area contributed by atoms with E-state index in [9.17, 15) is 0 Å². The van der Waals surface area contributed by atoms with E-state index in [-0.39, 0.29) is 5.41 Å². The average molecular weight is 359 g/mol. The summed E-state index contributed by atoms with van der Waals surface area (Å²) < 4.78 is 2.45. The molecular weight excluding hydrogens is 338 g/mol. The molecule has 0 radical (unpaired) electrons. The third-order valence-corrected chi connectivity index (χ3v) is 6.39. The fourth-order valence-electron chi connectivity index (χ4n) is 5.09. The molecule has 1 aliphatic rings. The number of para-hydroxylation sites is 2. The van der Waals surface area contributed by atoms with Gasteiger partial charge in [-0.3, -0.25) is 0 Å². The Morgan fingerprint density at radius 3 is 2.18 bits per heavy atom.